The van der Waals surface area contributed by atoms with E-state index in [9.17, 15) is 14.3 Å². The van der Waals surface area contributed by atoms with Gasteiger partial charge in [0, 0.05) is 0 Å². The minimum absolute atomic E-state index is 0.101. The maximum Gasteiger partial charge on any atom is 0.335 e. The maximum absolute atomic E-state index is 13.3. The van der Waals surface area contributed by atoms with Crippen molar-refractivity contribution in [1.82, 2.24) is 0 Å². The number of phenols is 1. The van der Waals surface area contributed by atoms with Gasteiger partial charge in [-0.15, -0.1) is 0 Å². The van der Waals surface area contributed by atoms with E-state index in [1.807, 2.05) is 0 Å². The molecule has 2 aromatic rings. The Bertz CT molecular complexity index is 620. The van der Waals surface area contributed by atoms with Crippen molar-refractivity contribution in [3.8, 4) is 16.9 Å². The van der Waals surface area contributed by atoms with Crippen LogP contribution in [-0.4, -0.2) is 16.2 Å². The summed E-state index contributed by atoms with van der Waals surface area (Å²) in [5.74, 6) is -1.63. The predicted octanol–water partition coefficient (Wildman–Crippen LogP) is 3.20. The number of aromatic hydroxyl groups is 1. The highest BCUT2D eigenvalue weighted by Gasteiger charge is 2.09. The zero-order valence-electron chi connectivity index (χ0n) is 9.64. The Morgan fingerprint density at radius 2 is 1.83 bits per heavy atom. The lowest BCUT2D eigenvalue weighted by Crippen LogP contribution is -1.97. The molecule has 0 aliphatic rings. The van der Waals surface area contributed by atoms with Gasteiger partial charge in [-0.05, 0) is 53.9 Å². The molecule has 0 amide bonds. The number of halogens is 1. The highest BCUT2D eigenvalue weighted by atomic mass is 19.1. The molecule has 0 saturated carbocycles. The maximum atomic E-state index is 13.3. The predicted molar refractivity (Wildman–Crippen MR) is 65.2 cm³/mol. The van der Waals surface area contributed by atoms with Crippen LogP contribution in [0.3, 0.4) is 0 Å². The van der Waals surface area contributed by atoms with Gasteiger partial charge in [-0.2, -0.15) is 0 Å². The SMILES string of the molecule is Cc1cc(-c2cc(F)cc(C(=O)O)c2)ccc1O. The summed E-state index contributed by atoms with van der Waals surface area (Å²) in [5, 5.41) is 18.3. The van der Waals surface area contributed by atoms with Crippen LogP contribution in [0.5, 0.6) is 5.75 Å². The second-order valence-electron chi connectivity index (χ2n) is 4.03. The molecule has 18 heavy (non-hydrogen) atoms. The molecule has 0 unspecified atom stereocenters. The van der Waals surface area contributed by atoms with Gasteiger partial charge < -0.3 is 10.2 Å². The van der Waals surface area contributed by atoms with Gasteiger partial charge in [0.25, 0.3) is 0 Å². The summed E-state index contributed by atoms with van der Waals surface area (Å²) in [7, 11) is 0. The van der Waals surface area contributed by atoms with Crippen molar-refractivity contribution in [1.29, 1.82) is 0 Å². The third-order valence-corrected chi connectivity index (χ3v) is 2.67. The number of aromatic carboxylic acids is 1. The second kappa shape index (κ2) is 4.49. The van der Waals surface area contributed by atoms with Crippen molar-refractivity contribution in [2.45, 2.75) is 6.92 Å². The highest BCUT2D eigenvalue weighted by molar-refractivity contribution is 5.89. The standard InChI is InChI=1S/C14H11FO3/c1-8-4-9(2-3-13(8)16)10-5-11(14(17)18)7-12(15)6-10/h2-7,16H,1H3,(H,17,18). The number of benzene rings is 2. The molecule has 0 aliphatic heterocycles. The number of aryl methyl sites for hydroxylation is 1. The number of carboxylic acids is 1. The molecule has 92 valence electrons. The number of carbonyl (C=O) groups is 1. The van der Waals surface area contributed by atoms with Gasteiger partial charge in [0.2, 0.25) is 0 Å². The van der Waals surface area contributed by atoms with Crippen LogP contribution in [0.25, 0.3) is 11.1 Å². The summed E-state index contributed by atoms with van der Waals surface area (Å²) in [6, 6.07) is 8.42. The Kier molecular flexibility index (Phi) is 3.02. The molecular weight excluding hydrogens is 235 g/mol. The van der Waals surface area contributed by atoms with Crippen molar-refractivity contribution in [2.24, 2.45) is 0 Å². The van der Waals surface area contributed by atoms with Gasteiger partial charge in [0.15, 0.2) is 0 Å². The van der Waals surface area contributed by atoms with E-state index >= 15 is 0 Å². The van der Waals surface area contributed by atoms with Gasteiger partial charge in [0.1, 0.15) is 11.6 Å². The van der Waals surface area contributed by atoms with E-state index < -0.39 is 11.8 Å². The van der Waals surface area contributed by atoms with Gasteiger partial charge in [-0.25, -0.2) is 9.18 Å². The van der Waals surface area contributed by atoms with Gasteiger partial charge >= 0.3 is 5.97 Å². The average Bonchev–Trinajstić information content (AvgIpc) is 2.31. The molecule has 2 rings (SSSR count). The first kappa shape index (κ1) is 12.1. The number of phenolic OH excluding ortho intramolecular Hbond substituents is 1. The minimum atomic E-state index is -1.17. The van der Waals surface area contributed by atoms with Crippen LogP contribution in [0, 0.1) is 12.7 Å². The van der Waals surface area contributed by atoms with Crippen molar-refractivity contribution < 1.29 is 19.4 Å². The molecule has 0 spiro atoms. The molecule has 0 aliphatic carbocycles. The fourth-order valence-electron chi connectivity index (χ4n) is 1.71. The Hall–Kier alpha value is -2.36. The molecule has 0 fully saturated rings. The first-order valence-electron chi connectivity index (χ1n) is 5.31. The molecule has 3 nitrogen and oxygen atoms in total. The normalized spacial score (nSPS) is 10.3. The fraction of sp³-hybridized carbons (Fsp3) is 0.0714. The summed E-state index contributed by atoms with van der Waals surface area (Å²) in [4.78, 5) is 10.9. The quantitative estimate of drug-likeness (QED) is 0.855. The molecule has 0 bridgehead atoms. The molecule has 0 heterocycles. The summed E-state index contributed by atoms with van der Waals surface area (Å²) >= 11 is 0. The Labute approximate surface area is 103 Å². The molecule has 0 aromatic heterocycles. The second-order valence-corrected chi connectivity index (χ2v) is 4.03. The Morgan fingerprint density at radius 1 is 1.11 bits per heavy atom. The minimum Gasteiger partial charge on any atom is -0.508 e. The zero-order valence-corrected chi connectivity index (χ0v) is 9.64. The Balaban J connectivity index is 2.56. The number of hydrogen-bond acceptors (Lipinski definition) is 2. The van der Waals surface area contributed by atoms with Crippen LogP contribution in [0.2, 0.25) is 0 Å². The van der Waals surface area contributed by atoms with Crippen LogP contribution >= 0.6 is 0 Å². The molecule has 2 aromatic carbocycles. The van der Waals surface area contributed by atoms with Crippen LogP contribution < -0.4 is 0 Å². The molecular formula is C14H11FO3. The lowest BCUT2D eigenvalue weighted by Gasteiger charge is -2.06. The molecule has 0 saturated heterocycles. The van der Waals surface area contributed by atoms with E-state index in [0.29, 0.717) is 16.7 Å². The summed E-state index contributed by atoms with van der Waals surface area (Å²) in [6.45, 7) is 1.72. The number of rotatable bonds is 2. The van der Waals surface area contributed by atoms with E-state index in [1.165, 1.54) is 18.2 Å². The third kappa shape index (κ3) is 2.32. The smallest absolute Gasteiger partial charge is 0.335 e. The first-order valence-corrected chi connectivity index (χ1v) is 5.31. The highest BCUT2D eigenvalue weighted by Crippen LogP contribution is 2.26. The number of hydrogen-bond donors (Lipinski definition) is 2. The van der Waals surface area contributed by atoms with Crippen molar-refractivity contribution in [3.63, 3.8) is 0 Å². The fourth-order valence-corrected chi connectivity index (χ4v) is 1.71. The van der Waals surface area contributed by atoms with Crippen molar-refractivity contribution >= 4 is 5.97 Å². The molecule has 0 radical (unpaired) electrons. The topological polar surface area (TPSA) is 57.5 Å². The lowest BCUT2D eigenvalue weighted by molar-refractivity contribution is 0.0696. The molecule has 4 heteroatoms. The van der Waals surface area contributed by atoms with Crippen LogP contribution in [0.1, 0.15) is 15.9 Å². The largest absolute Gasteiger partial charge is 0.508 e. The van der Waals surface area contributed by atoms with E-state index in [1.54, 1.807) is 19.1 Å². The Morgan fingerprint density at radius 3 is 2.44 bits per heavy atom. The van der Waals surface area contributed by atoms with Crippen molar-refractivity contribution in [3.05, 3.63) is 53.3 Å². The summed E-state index contributed by atoms with van der Waals surface area (Å²) < 4.78 is 13.3. The van der Waals surface area contributed by atoms with Gasteiger partial charge in [-0.1, -0.05) is 6.07 Å². The molecule has 2 N–H and O–H groups in total. The third-order valence-electron chi connectivity index (χ3n) is 2.67. The lowest BCUT2D eigenvalue weighted by atomic mass is 10.0. The van der Waals surface area contributed by atoms with Crippen LogP contribution in [-0.2, 0) is 0 Å². The van der Waals surface area contributed by atoms with Gasteiger partial charge in [-0.3, -0.25) is 0 Å². The van der Waals surface area contributed by atoms with E-state index in [2.05, 4.69) is 0 Å². The summed E-state index contributed by atoms with van der Waals surface area (Å²) in [5.41, 5.74) is 1.67. The average molecular weight is 246 g/mol. The summed E-state index contributed by atoms with van der Waals surface area (Å²) in [6.07, 6.45) is 0. The van der Waals surface area contributed by atoms with Crippen LogP contribution in [0.4, 0.5) is 4.39 Å². The first-order chi connectivity index (χ1) is 8.47. The zero-order chi connectivity index (χ0) is 13.3. The monoisotopic (exact) mass is 246 g/mol. The molecule has 0 atom stereocenters. The number of carboxylic acid groups (broad SMARTS) is 1. The van der Waals surface area contributed by atoms with E-state index in [4.69, 9.17) is 5.11 Å². The van der Waals surface area contributed by atoms with Gasteiger partial charge in [0.05, 0.1) is 5.56 Å². The van der Waals surface area contributed by atoms with E-state index in [-0.39, 0.29) is 11.3 Å². The van der Waals surface area contributed by atoms with E-state index in [0.717, 1.165) is 6.07 Å². The van der Waals surface area contributed by atoms with Crippen molar-refractivity contribution in [2.75, 3.05) is 0 Å². The van der Waals surface area contributed by atoms with Crippen LogP contribution in [0.15, 0.2) is 36.4 Å².